The molecule has 3 nitrogen and oxygen atoms in total. The molecule has 0 N–H and O–H groups in total. The van der Waals surface area contributed by atoms with E-state index in [1.54, 1.807) is 11.9 Å². The summed E-state index contributed by atoms with van der Waals surface area (Å²) in [5.74, 6) is 1.32. The topological polar surface area (TPSA) is 29.5 Å². The number of para-hydroxylation sites is 1. The summed E-state index contributed by atoms with van der Waals surface area (Å²) in [5, 5.41) is 0. The van der Waals surface area contributed by atoms with Gasteiger partial charge < -0.3 is 9.64 Å². The molecular weight excluding hydrogens is 250 g/mol. The molecule has 0 atom stereocenters. The Labute approximate surface area is 114 Å². The standard InChI is InChI=1S/C14H20ClNO2/c1-3-12-6-4-5-7-13(12)18-11-10-16(2)14(17)8-9-15/h4-7H,3,8-11H2,1-2H3. The predicted molar refractivity (Wildman–Crippen MR) is 74.3 cm³/mol. The number of rotatable bonds is 7. The zero-order valence-electron chi connectivity index (χ0n) is 11.0. The Hall–Kier alpha value is -1.22. The lowest BCUT2D eigenvalue weighted by molar-refractivity contribution is -0.129. The van der Waals surface area contributed by atoms with Crippen molar-refractivity contribution in [1.29, 1.82) is 0 Å². The normalized spacial score (nSPS) is 10.2. The van der Waals surface area contributed by atoms with Crippen LogP contribution in [0.2, 0.25) is 0 Å². The first-order valence-corrected chi connectivity index (χ1v) is 6.73. The zero-order valence-corrected chi connectivity index (χ0v) is 11.7. The zero-order chi connectivity index (χ0) is 13.4. The summed E-state index contributed by atoms with van der Waals surface area (Å²) in [6, 6.07) is 7.97. The number of ether oxygens (including phenoxy) is 1. The van der Waals surface area contributed by atoms with E-state index in [1.165, 1.54) is 5.56 Å². The van der Waals surface area contributed by atoms with E-state index >= 15 is 0 Å². The molecule has 1 amide bonds. The number of likely N-dealkylation sites (N-methyl/N-ethyl adjacent to an activating group) is 1. The Bertz CT molecular complexity index is 382. The third-order valence-electron chi connectivity index (χ3n) is 2.77. The molecule has 0 unspecified atom stereocenters. The van der Waals surface area contributed by atoms with Gasteiger partial charge in [0, 0.05) is 19.3 Å². The summed E-state index contributed by atoms with van der Waals surface area (Å²) < 4.78 is 5.70. The molecule has 18 heavy (non-hydrogen) atoms. The summed E-state index contributed by atoms with van der Waals surface area (Å²) in [6.45, 7) is 3.17. The summed E-state index contributed by atoms with van der Waals surface area (Å²) in [5.41, 5.74) is 1.19. The van der Waals surface area contributed by atoms with E-state index in [0.29, 0.717) is 25.5 Å². The minimum absolute atomic E-state index is 0.0531. The van der Waals surface area contributed by atoms with Gasteiger partial charge in [-0.1, -0.05) is 25.1 Å². The van der Waals surface area contributed by atoms with Gasteiger partial charge >= 0.3 is 0 Å². The number of carbonyl (C=O) groups is 1. The van der Waals surface area contributed by atoms with Crippen molar-refractivity contribution in [3.8, 4) is 5.75 Å². The van der Waals surface area contributed by atoms with Gasteiger partial charge in [-0.2, -0.15) is 0 Å². The van der Waals surface area contributed by atoms with E-state index in [1.807, 2.05) is 18.2 Å². The Morgan fingerprint density at radius 2 is 2.11 bits per heavy atom. The SMILES string of the molecule is CCc1ccccc1OCCN(C)C(=O)CCCl. The molecule has 0 aliphatic carbocycles. The van der Waals surface area contributed by atoms with Gasteiger partial charge in [0.15, 0.2) is 0 Å². The van der Waals surface area contributed by atoms with E-state index in [2.05, 4.69) is 13.0 Å². The maximum absolute atomic E-state index is 11.5. The minimum Gasteiger partial charge on any atom is -0.491 e. The number of hydrogen-bond acceptors (Lipinski definition) is 2. The molecule has 0 radical (unpaired) electrons. The van der Waals surface area contributed by atoms with E-state index in [-0.39, 0.29) is 5.91 Å². The van der Waals surface area contributed by atoms with Crippen molar-refractivity contribution >= 4 is 17.5 Å². The van der Waals surface area contributed by atoms with Crippen LogP contribution in [0.4, 0.5) is 0 Å². The van der Waals surface area contributed by atoms with Crippen molar-refractivity contribution in [2.75, 3.05) is 26.1 Å². The summed E-state index contributed by atoms with van der Waals surface area (Å²) in [6.07, 6.45) is 1.32. The van der Waals surface area contributed by atoms with Crippen LogP contribution in [0.5, 0.6) is 5.75 Å². The van der Waals surface area contributed by atoms with Gasteiger partial charge in [-0.3, -0.25) is 4.79 Å². The van der Waals surface area contributed by atoms with Crippen LogP contribution in [-0.4, -0.2) is 36.9 Å². The largest absolute Gasteiger partial charge is 0.491 e. The van der Waals surface area contributed by atoms with E-state index < -0.39 is 0 Å². The van der Waals surface area contributed by atoms with Crippen LogP contribution in [-0.2, 0) is 11.2 Å². The first-order chi connectivity index (χ1) is 8.69. The highest BCUT2D eigenvalue weighted by molar-refractivity contribution is 6.18. The number of aryl methyl sites for hydroxylation is 1. The fraction of sp³-hybridized carbons (Fsp3) is 0.500. The monoisotopic (exact) mass is 269 g/mol. The average molecular weight is 270 g/mol. The summed E-state index contributed by atoms with van der Waals surface area (Å²) in [7, 11) is 1.77. The fourth-order valence-electron chi connectivity index (χ4n) is 1.63. The first-order valence-electron chi connectivity index (χ1n) is 6.19. The van der Waals surface area contributed by atoms with E-state index in [9.17, 15) is 4.79 Å². The molecule has 1 rings (SSSR count). The van der Waals surface area contributed by atoms with Crippen molar-refractivity contribution in [3.63, 3.8) is 0 Å². The van der Waals surface area contributed by atoms with Crippen LogP contribution in [0, 0.1) is 0 Å². The van der Waals surface area contributed by atoms with Crippen LogP contribution < -0.4 is 4.74 Å². The van der Waals surface area contributed by atoms with Gasteiger partial charge in [-0.15, -0.1) is 11.6 Å². The van der Waals surface area contributed by atoms with Crippen molar-refractivity contribution in [1.82, 2.24) is 4.90 Å². The number of alkyl halides is 1. The third-order valence-corrected chi connectivity index (χ3v) is 2.96. The van der Waals surface area contributed by atoms with E-state index in [4.69, 9.17) is 16.3 Å². The quantitative estimate of drug-likeness (QED) is 0.713. The highest BCUT2D eigenvalue weighted by atomic mass is 35.5. The Balaban J connectivity index is 2.39. The number of benzene rings is 1. The lowest BCUT2D eigenvalue weighted by Gasteiger charge is -2.17. The van der Waals surface area contributed by atoms with Gasteiger partial charge in [-0.05, 0) is 18.1 Å². The first kappa shape index (κ1) is 14.8. The number of nitrogens with zero attached hydrogens (tertiary/aromatic N) is 1. The van der Waals surface area contributed by atoms with Crippen molar-refractivity contribution in [3.05, 3.63) is 29.8 Å². The molecule has 1 aromatic rings. The fourth-order valence-corrected chi connectivity index (χ4v) is 1.79. The molecule has 4 heteroatoms. The maximum Gasteiger partial charge on any atom is 0.223 e. The lowest BCUT2D eigenvalue weighted by atomic mass is 10.1. The van der Waals surface area contributed by atoms with Crippen LogP contribution in [0.25, 0.3) is 0 Å². The van der Waals surface area contributed by atoms with Crippen molar-refractivity contribution in [2.45, 2.75) is 19.8 Å². The lowest BCUT2D eigenvalue weighted by Crippen LogP contribution is -2.31. The highest BCUT2D eigenvalue weighted by Gasteiger charge is 2.08. The maximum atomic E-state index is 11.5. The highest BCUT2D eigenvalue weighted by Crippen LogP contribution is 2.17. The third kappa shape index (κ3) is 4.57. The second-order valence-electron chi connectivity index (χ2n) is 4.06. The van der Waals surface area contributed by atoms with Crippen LogP contribution >= 0.6 is 11.6 Å². The molecule has 0 aromatic heterocycles. The minimum atomic E-state index is 0.0531. The molecule has 0 saturated carbocycles. The van der Waals surface area contributed by atoms with Gasteiger partial charge in [0.25, 0.3) is 0 Å². The number of amides is 1. The van der Waals surface area contributed by atoms with Gasteiger partial charge in [0.2, 0.25) is 5.91 Å². The molecular formula is C14H20ClNO2. The molecule has 0 aliphatic rings. The molecule has 1 aromatic carbocycles. The molecule has 100 valence electrons. The molecule has 0 aliphatic heterocycles. The van der Waals surface area contributed by atoms with Crippen LogP contribution in [0.15, 0.2) is 24.3 Å². The number of carbonyl (C=O) groups excluding carboxylic acids is 1. The Morgan fingerprint density at radius 3 is 2.78 bits per heavy atom. The second kappa shape index (κ2) is 7.98. The van der Waals surface area contributed by atoms with Crippen molar-refractivity contribution < 1.29 is 9.53 Å². The summed E-state index contributed by atoms with van der Waals surface area (Å²) in [4.78, 5) is 13.1. The smallest absolute Gasteiger partial charge is 0.223 e. The molecule has 0 fully saturated rings. The predicted octanol–water partition coefficient (Wildman–Crippen LogP) is 2.72. The Morgan fingerprint density at radius 1 is 1.39 bits per heavy atom. The van der Waals surface area contributed by atoms with Gasteiger partial charge in [0.1, 0.15) is 12.4 Å². The van der Waals surface area contributed by atoms with E-state index in [0.717, 1.165) is 12.2 Å². The van der Waals surface area contributed by atoms with Crippen LogP contribution in [0.1, 0.15) is 18.9 Å². The van der Waals surface area contributed by atoms with Crippen molar-refractivity contribution in [2.24, 2.45) is 0 Å². The average Bonchev–Trinajstić information content (AvgIpc) is 2.39. The van der Waals surface area contributed by atoms with Gasteiger partial charge in [-0.25, -0.2) is 0 Å². The van der Waals surface area contributed by atoms with Crippen LogP contribution in [0.3, 0.4) is 0 Å². The second-order valence-corrected chi connectivity index (χ2v) is 4.44. The van der Waals surface area contributed by atoms with Gasteiger partial charge in [0.05, 0.1) is 6.54 Å². The number of halogens is 1. The Kier molecular flexibility index (Phi) is 6.58. The molecule has 0 heterocycles. The molecule has 0 spiro atoms. The number of hydrogen-bond donors (Lipinski definition) is 0. The molecule has 0 bridgehead atoms. The molecule has 0 saturated heterocycles. The summed E-state index contributed by atoms with van der Waals surface area (Å²) >= 11 is 5.53.